The molecule has 94 valence electrons. The Balaban J connectivity index is 2.29. The molecule has 0 heterocycles. The molecule has 2 N–H and O–H groups in total. The molecule has 0 aromatic heterocycles. The molecule has 0 saturated heterocycles. The molecule has 0 atom stereocenters. The van der Waals surface area contributed by atoms with Crippen molar-refractivity contribution >= 4 is 23.0 Å². The van der Waals surface area contributed by atoms with Gasteiger partial charge in [-0.15, -0.1) is 0 Å². The monoisotopic (exact) mass is 264 g/mol. The minimum absolute atomic E-state index is 0.0719. The third-order valence-electron chi connectivity index (χ3n) is 2.68. The van der Waals surface area contributed by atoms with Crippen molar-refractivity contribution in [1.29, 1.82) is 0 Å². The molecule has 1 aliphatic rings. The molecule has 0 bridgehead atoms. The molecule has 17 heavy (non-hydrogen) atoms. The second-order valence-corrected chi connectivity index (χ2v) is 4.55. The summed E-state index contributed by atoms with van der Waals surface area (Å²) in [6.45, 7) is -0.984. The smallest absolute Gasteiger partial charge is 0.396 e. The number of rotatable bonds is 3. The number of hydrogen-bond acceptors (Lipinski definition) is 2. The fourth-order valence-corrected chi connectivity index (χ4v) is 1.94. The zero-order chi connectivity index (χ0) is 12.6. The van der Waals surface area contributed by atoms with Crippen molar-refractivity contribution in [2.75, 3.05) is 17.2 Å². The standard InChI is InChI=1S/C11H12ClF3N2/c12-8-2-1-3-9(10(8)16)17(7-4-5-7)6-11(13,14)15/h1-3,7H,4-6,16H2. The van der Waals surface area contributed by atoms with Gasteiger partial charge >= 0.3 is 6.18 Å². The van der Waals surface area contributed by atoms with Crippen molar-refractivity contribution in [1.82, 2.24) is 0 Å². The Hall–Kier alpha value is -1.10. The van der Waals surface area contributed by atoms with Gasteiger partial charge in [0.1, 0.15) is 6.54 Å². The van der Waals surface area contributed by atoms with Crippen LogP contribution in [0.5, 0.6) is 0 Å². The number of anilines is 2. The van der Waals surface area contributed by atoms with E-state index in [0.717, 1.165) is 12.8 Å². The average Bonchev–Trinajstić information content (AvgIpc) is 3.01. The second-order valence-electron chi connectivity index (χ2n) is 4.15. The van der Waals surface area contributed by atoms with E-state index in [0.29, 0.717) is 5.69 Å². The lowest BCUT2D eigenvalue weighted by Crippen LogP contribution is -2.36. The van der Waals surface area contributed by atoms with Crippen molar-refractivity contribution in [3.63, 3.8) is 0 Å². The fourth-order valence-electron chi connectivity index (χ4n) is 1.77. The van der Waals surface area contributed by atoms with Crippen LogP contribution in [0.25, 0.3) is 0 Å². The van der Waals surface area contributed by atoms with E-state index < -0.39 is 12.7 Å². The van der Waals surface area contributed by atoms with E-state index in [1.165, 1.54) is 4.90 Å². The maximum atomic E-state index is 12.5. The van der Waals surface area contributed by atoms with E-state index in [2.05, 4.69) is 0 Å². The van der Waals surface area contributed by atoms with Crippen LogP contribution in [-0.2, 0) is 0 Å². The second kappa shape index (κ2) is 4.29. The summed E-state index contributed by atoms with van der Waals surface area (Å²) in [4.78, 5) is 1.29. The lowest BCUT2D eigenvalue weighted by Gasteiger charge is -2.27. The van der Waals surface area contributed by atoms with Crippen molar-refractivity contribution in [2.45, 2.75) is 25.1 Å². The minimum Gasteiger partial charge on any atom is -0.396 e. The number of hydrogen-bond donors (Lipinski definition) is 1. The summed E-state index contributed by atoms with van der Waals surface area (Å²) in [5.41, 5.74) is 6.31. The van der Waals surface area contributed by atoms with Crippen LogP contribution < -0.4 is 10.6 Å². The van der Waals surface area contributed by atoms with Gasteiger partial charge in [0.05, 0.1) is 16.4 Å². The Morgan fingerprint density at radius 3 is 2.53 bits per heavy atom. The van der Waals surface area contributed by atoms with E-state index in [4.69, 9.17) is 17.3 Å². The number of alkyl halides is 3. The third kappa shape index (κ3) is 2.97. The minimum atomic E-state index is -4.24. The number of para-hydroxylation sites is 1. The zero-order valence-electron chi connectivity index (χ0n) is 8.97. The van der Waals surface area contributed by atoms with Gasteiger partial charge in [-0.2, -0.15) is 13.2 Å². The van der Waals surface area contributed by atoms with Gasteiger partial charge in [-0.05, 0) is 25.0 Å². The number of nitrogen functional groups attached to an aromatic ring is 1. The Morgan fingerprint density at radius 2 is 2.00 bits per heavy atom. The maximum absolute atomic E-state index is 12.5. The normalized spacial score (nSPS) is 16.0. The van der Waals surface area contributed by atoms with Gasteiger partial charge in [-0.3, -0.25) is 0 Å². The highest BCUT2D eigenvalue weighted by molar-refractivity contribution is 6.33. The molecule has 1 aromatic rings. The molecule has 0 unspecified atom stereocenters. The Bertz CT molecular complexity index is 416. The van der Waals surface area contributed by atoms with Crippen LogP contribution in [0.1, 0.15) is 12.8 Å². The number of nitrogens with two attached hydrogens (primary N) is 1. The SMILES string of the molecule is Nc1c(Cl)cccc1N(CC(F)(F)F)C1CC1. The summed E-state index contributed by atoms with van der Waals surface area (Å²) in [7, 11) is 0. The zero-order valence-corrected chi connectivity index (χ0v) is 9.72. The molecule has 6 heteroatoms. The quantitative estimate of drug-likeness (QED) is 0.847. The highest BCUT2D eigenvalue weighted by Crippen LogP contribution is 2.39. The molecule has 0 radical (unpaired) electrons. The Morgan fingerprint density at radius 1 is 1.35 bits per heavy atom. The van der Waals surface area contributed by atoms with Gasteiger partial charge in [0.25, 0.3) is 0 Å². The number of nitrogens with zero attached hydrogens (tertiary/aromatic N) is 1. The molecular weight excluding hydrogens is 253 g/mol. The summed E-state index contributed by atoms with van der Waals surface area (Å²) in [5, 5.41) is 0.287. The molecule has 0 spiro atoms. The van der Waals surface area contributed by atoms with Gasteiger partial charge in [0.15, 0.2) is 0 Å². The predicted molar refractivity (Wildman–Crippen MR) is 62.3 cm³/mol. The summed E-state index contributed by atoms with van der Waals surface area (Å²) in [6.07, 6.45) is -2.71. The van der Waals surface area contributed by atoms with Crippen LogP contribution in [0.4, 0.5) is 24.5 Å². The first kappa shape index (κ1) is 12.4. The van der Waals surface area contributed by atoms with Crippen LogP contribution in [0.2, 0.25) is 5.02 Å². The fraction of sp³-hybridized carbons (Fsp3) is 0.455. The van der Waals surface area contributed by atoms with Crippen molar-refractivity contribution in [3.05, 3.63) is 23.2 Å². The first-order chi connectivity index (χ1) is 7.88. The van der Waals surface area contributed by atoms with Gasteiger partial charge in [-0.1, -0.05) is 17.7 Å². The lowest BCUT2D eigenvalue weighted by atomic mass is 10.2. The average molecular weight is 265 g/mol. The summed E-state index contributed by atoms with van der Waals surface area (Å²) < 4.78 is 37.5. The van der Waals surface area contributed by atoms with E-state index in [-0.39, 0.29) is 16.8 Å². The van der Waals surface area contributed by atoms with Gasteiger partial charge in [0.2, 0.25) is 0 Å². The number of halogens is 4. The van der Waals surface area contributed by atoms with Crippen LogP contribution in [0.3, 0.4) is 0 Å². The van der Waals surface area contributed by atoms with Crippen molar-refractivity contribution < 1.29 is 13.2 Å². The molecule has 0 amide bonds. The highest BCUT2D eigenvalue weighted by atomic mass is 35.5. The first-order valence-electron chi connectivity index (χ1n) is 5.26. The van der Waals surface area contributed by atoms with Crippen LogP contribution in [0, 0.1) is 0 Å². The van der Waals surface area contributed by atoms with Crippen LogP contribution in [0.15, 0.2) is 18.2 Å². The molecule has 1 fully saturated rings. The van der Waals surface area contributed by atoms with E-state index in [1.807, 2.05) is 0 Å². The number of benzene rings is 1. The van der Waals surface area contributed by atoms with Crippen LogP contribution >= 0.6 is 11.6 Å². The largest absolute Gasteiger partial charge is 0.405 e. The van der Waals surface area contributed by atoms with Crippen molar-refractivity contribution in [2.24, 2.45) is 0 Å². The predicted octanol–water partition coefficient (Wildman–Crippen LogP) is 3.45. The van der Waals surface area contributed by atoms with E-state index in [1.54, 1.807) is 18.2 Å². The molecule has 0 aliphatic heterocycles. The summed E-state index contributed by atoms with van der Waals surface area (Å²) in [5.74, 6) is 0. The van der Waals surface area contributed by atoms with E-state index in [9.17, 15) is 13.2 Å². The van der Waals surface area contributed by atoms with Crippen LogP contribution in [-0.4, -0.2) is 18.8 Å². The Labute approximate surface area is 102 Å². The molecule has 2 rings (SSSR count). The lowest BCUT2D eigenvalue weighted by molar-refractivity contribution is -0.119. The topological polar surface area (TPSA) is 29.3 Å². The molecule has 1 aliphatic carbocycles. The molecule has 1 saturated carbocycles. The summed E-state index contributed by atoms with van der Waals surface area (Å²) in [6, 6.07) is 4.68. The highest BCUT2D eigenvalue weighted by Gasteiger charge is 2.38. The Kier molecular flexibility index (Phi) is 3.12. The summed E-state index contributed by atoms with van der Waals surface area (Å²) >= 11 is 5.82. The third-order valence-corrected chi connectivity index (χ3v) is 3.01. The molecular formula is C11H12ClF3N2. The molecule has 1 aromatic carbocycles. The van der Waals surface area contributed by atoms with E-state index >= 15 is 0 Å². The van der Waals surface area contributed by atoms with Gasteiger partial charge in [0, 0.05) is 6.04 Å². The maximum Gasteiger partial charge on any atom is 0.405 e. The van der Waals surface area contributed by atoms with Gasteiger partial charge < -0.3 is 10.6 Å². The molecule has 2 nitrogen and oxygen atoms in total. The first-order valence-corrected chi connectivity index (χ1v) is 5.63. The van der Waals surface area contributed by atoms with Crippen molar-refractivity contribution in [3.8, 4) is 0 Å². The van der Waals surface area contributed by atoms with Gasteiger partial charge in [-0.25, -0.2) is 0 Å².